The molecule has 15 heavy (non-hydrogen) atoms. The van der Waals surface area contributed by atoms with Crippen molar-refractivity contribution >= 4 is 11.6 Å². The van der Waals surface area contributed by atoms with E-state index in [0.29, 0.717) is 17.3 Å². The average molecular weight is 205 g/mol. The van der Waals surface area contributed by atoms with E-state index in [2.05, 4.69) is 10.3 Å². The van der Waals surface area contributed by atoms with Gasteiger partial charge in [0.1, 0.15) is 0 Å². The highest BCUT2D eigenvalue weighted by molar-refractivity contribution is 5.99. The highest BCUT2D eigenvalue weighted by atomic mass is 16.1. The van der Waals surface area contributed by atoms with Crippen molar-refractivity contribution in [2.75, 3.05) is 5.73 Å². The number of pyridine rings is 1. The molecule has 1 fully saturated rings. The molecule has 0 aromatic carbocycles. The Hall–Kier alpha value is -1.58. The van der Waals surface area contributed by atoms with Gasteiger partial charge in [0, 0.05) is 23.6 Å². The van der Waals surface area contributed by atoms with Crippen LogP contribution in [0.5, 0.6) is 0 Å². The molecule has 0 radical (unpaired) electrons. The summed E-state index contributed by atoms with van der Waals surface area (Å²) in [5.41, 5.74) is 7.56. The topological polar surface area (TPSA) is 68.0 Å². The van der Waals surface area contributed by atoms with Crippen molar-refractivity contribution in [1.82, 2.24) is 10.3 Å². The molecular formula is C11H15N3O. The second-order valence-corrected chi connectivity index (χ2v) is 4.01. The Bertz CT molecular complexity index is 385. The van der Waals surface area contributed by atoms with Crippen LogP contribution in [0.2, 0.25) is 0 Å². The minimum Gasteiger partial charge on any atom is -0.398 e. The highest BCUT2D eigenvalue weighted by Crippen LogP contribution is 2.19. The number of anilines is 1. The zero-order valence-corrected chi connectivity index (χ0v) is 8.79. The lowest BCUT2D eigenvalue weighted by atomic mass is 9.93. The summed E-state index contributed by atoms with van der Waals surface area (Å²) in [6.07, 6.45) is 4.89. The molecule has 1 aromatic heterocycles. The van der Waals surface area contributed by atoms with Crippen LogP contribution in [0.1, 0.15) is 35.3 Å². The summed E-state index contributed by atoms with van der Waals surface area (Å²) in [6.45, 7) is 1.85. The summed E-state index contributed by atoms with van der Waals surface area (Å²) in [5.74, 6) is -0.107. The lowest BCUT2D eigenvalue weighted by molar-refractivity contribution is 0.0917. The standard InChI is InChI=1S/C11H15N3O/c1-7-5-10(12)9(6-13-7)11(15)14-8-3-2-4-8/h5-6,8H,2-4H2,1H3,(H2,12,13)(H,14,15). The summed E-state index contributed by atoms with van der Waals surface area (Å²) in [5, 5.41) is 2.93. The molecule has 1 aliphatic carbocycles. The van der Waals surface area contributed by atoms with Gasteiger partial charge in [-0.05, 0) is 32.3 Å². The fourth-order valence-corrected chi connectivity index (χ4v) is 1.59. The Balaban J connectivity index is 2.10. The molecule has 4 nitrogen and oxygen atoms in total. The van der Waals surface area contributed by atoms with Gasteiger partial charge in [0.05, 0.1) is 5.56 Å². The summed E-state index contributed by atoms with van der Waals surface area (Å²) >= 11 is 0. The first-order chi connectivity index (χ1) is 7.16. The van der Waals surface area contributed by atoms with Gasteiger partial charge in [0.15, 0.2) is 0 Å². The molecule has 80 valence electrons. The largest absolute Gasteiger partial charge is 0.398 e. The van der Waals surface area contributed by atoms with E-state index in [1.54, 1.807) is 12.3 Å². The van der Waals surface area contributed by atoms with Crippen molar-refractivity contribution in [3.05, 3.63) is 23.5 Å². The molecule has 2 rings (SSSR count). The monoisotopic (exact) mass is 205 g/mol. The third kappa shape index (κ3) is 2.09. The first-order valence-electron chi connectivity index (χ1n) is 5.20. The van der Waals surface area contributed by atoms with E-state index in [4.69, 9.17) is 5.73 Å². The van der Waals surface area contributed by atoms with Gasteiger partial charge in [-0.2, -0.15) is 0 Å². The maximum absolute atomic E-state index is 11.7. The van der Waals surface area contributed by atoms with Gasteiger partial charge in [-0.15, -0.1) is 0 Å². The van der Waals surface area contributed by atoms with Crippen LogP contribution < -0.4 is 11.1 Å². The summed E-state index contributed by atoms with van der Waals surface area (Å²) in [7, 11) is 0. The Morgan fingerprint density at radius 2 is 2.33 bits per heavy atom. The number of nitrogen functional groups attached to an aromatic ring is 1. The SMILES string of the molecule is Cc1cc(N)c(C(=O)NC2CCC2)cn1. The molecule has 0 bridgehead atoms. The van der Waals surface area contributed by atoms with Gasteiger partial charge in [-0.25, -0.2) is 0 Å². The zero-order chi connectivity index (χ0) is 10.8. The third-order valence-corrected chi connectivity index (χ3v) is 2.76. The minimum absolute atomic E-state index is 0.107. The normalized spacial score (nSPS) is 15.8. The van der Waals surface area contributed by atoms with Crippen LogP contribution in [-0.4, -0.2) is 16.9 Å². The molecule has 1 heterocycles. The van der Waals surface area contributed by atoms with Gasteiger partial charge in [-0.3, -0.25) is 9.78 Å². The van der Waals surface area contributed by atoms with Crippen molar-refractivity contribution in [2.24, 2.45) is 0 Å². The number of aryl methyl sites for hydroxylation is 1. The molecule has 0 atom stereocenters. The van der Waals surface area contributed by atoms with Gasteiger partial charge < -0.3 is 11.1 Å². The van der Waals surface area contributed by atoms with Crippen molar-refractivity contribution in [2.45, 2.75) is 32.2 Å². The van der Waals surface area contributed by atoms with Gasteiger partial charge in [0.2, 0.25) is 0 Å². The number of nitrogens with zero attached hydrogens (tertiary/aromatic N) is 1. The molecule has 1 aliphatic rings. The number of hydrogen-bond acceptors (Lipinski definition) is 3. The average Bonchev–Trinajstić information content (AvgIpc) is 2.11. The van der Waals surface area contributed by atoms with Crippen LogP contribution in [0.3, 0.4) is 0 Å². The molecule has 1 aromatic rings. The number of nitrogens with two attached hydrogens (primary N) is 1. The Kier molecular flexibility index (Phi) is 2.58. The van der Waals surface area contributed by atoms with Crippen LogP contribution in [0, 0.1) is 6.92 Å². The molecule has 1 amide bonds. The van der Waals surface area contributed by atoms with E-state index in [-0.39, 0.29) is 5.91 Å². The van der Waals surface area contributed by atoms with Crippen LogP contribution >= 0.6 is 0 Å². The van der Waals surface area contributed by atoms with E-state index < -0.39 is 0 Å². The number of rotatable bonds is 2. The number of carbonyl (C=O) groups is 1. The van der Waals surface area contributed by atoms with Crippen LogP contribution in [0.4, 0.5) is 5.69 Å². The first kappa shape index (κ1) is 9.96. The quantitative estimate of drug-likeness (QED) is 0.763. The highest BCUT2D eigenvalue weighted by Gasteiger charge is 2.21. The van der Waals surface area contributed by atoms with Crippen molar-refractivity contribution in [3.8, 4) is 0 Å². The summed E-state index contributed by atoms with van der Waals surface area (Å²) in [6, 6.07) is 2.05. The van der Waals surface area contributed by atoms with Crippen molar-refractivity contribution < 1.29 is 4.79 Å². The number of amides is 1. The molecule has 4 heteroatoms. The van der Waals surface area contributed by atoms with Gasteiger partial charge in [-0.1, -0.05) is 0 Å². The van der Waals surface area contributed by atoms with Crippen LogP contribution in [0.15, 0.2) is 12.3 Å². The van der Waals surface area contributed by atoms with E-state index >= 15 is 0 Å². The van der Waals surface area contributed by atoms with E-state index in [0.717, 1.165) is 18.5 Å². The number of aromatic nitrogens is 1. The number of hydrogen-bond donors (Lipinski definition) is 2. The molecule has 0 saturated heterocycles. The fraction of sp³-hybridized carbons (Fsp3) is 0.455. The summed E-state index contributed by atoms with van der Waals surface area (Å²) < 4.78 is 0. The maximum atomic E-state index is 11.7. The Labute approximate surface area is 88.9 Å². The predicted molar refractivity (Wildman–Crippen MR) is 58.5 cm³/mol. The van der Waals surface area contributed by atoms with Gasteiger partial charge in [0.25, 0.3) is 5.91 Å². The van der Waals surface area contributed by atoms with Crippen LogP contribution in [-0.2, 0) is 0 Å². The Morgan fingerprint density at radius 3 is 2.87 bits per heavy atom. The second-order valence-electron chi connectivity index (χ2n) is 4.01. The second kappa shape index (κ2) is 3.88. The molecule has 0 spiro atoms. The zero-order valence-electron chi connectivity index (χ0n) is 8.79. The number of nitrogens with one attached hydrogen (secondary N) is 1. The van der Waals surface area contributed by atoms with Crippen molar-refractivity contribution in [1.29, 1.82) is 0 Å². The predicted octanol–water partition coefficient (Wildman–Crippen LogP) is 1.25. The lowest BCUT2D eigenvalue weighted by Crippen LogP contribution is -2.39. The minimum atomic E-state index is -0.107. The smallest absolute Gasteiger partial charge is 0.255 e. The van der Waals surface area contributed by atoms with Crippen molar-refractivity contribution in [3.63, 3.8) is 0 Å². The van der Waals surface area contributed by atoms with E-state index in [1.807, 2.05) is 6.92 Å². The first-order valence-corrected chi connectivity index (χ1v) is 5.20. The number of carbonyl (C=O) groups excluding carboxylic acids is 1. The van der Waals surface area contributed by atoms with Crippen LogP contribution in [0.25, 0.3) is 0 Å². The third-order valence-electron chi connectivity index (χ3n) is 2.76. The maximum Gasteiger partial charge on any atom is 0.255 e. The molecular weight excluding hydrogens is 190 g/mol. The van der Waals surface area contributed by atoms with Gasteiger partial charge >= 0.3 is 0 Å². The lowest BCUT2D eigenvalue weighted by Gasteiger charge is -2.26. The molecule has 3 N–H and O–H groups in total. The van der Waals surface area contributed by atoms with E-state index in [9.17, 15) is 4.79 Å². The van der Waals surface area contributed by atoms with E-state index in [1.165, 1.54) is 6.42 Å². The fourth-order valence-electron chi connectivity index (χ4n) is 1.59. The molecule has 0 unspecified atom stereocenters. The Morgan fingerprint density at radius 1 is 1.60 bits per heavy atom. The molecule has 1 saturated carbocycles. The summed E-state index contributed by atoms with van der Waals surface area (Å²) in [4.78, 5) is 15.8. The molecule has 0 aliphatic heterocycles.